The summed E-state index contributed by atoms with van der Waals surface area (Å²) in [5.74, 6) is -1.69. The number of ether oxygens (including phenoxy) is 2. The molecule has 0 spiro atoms. The Kier molecular flexibility index (Phi) is 7.35. The highest BCUT2D eigenvalue weighted by Crippen LogP contribution is 2.48. The van der Waals surface area contributed by atoms with Gasteiger partial charge in [0.15, 0.2) is 17.7 Å². The van der Waals surface area contributed by atoms with Gasteiger partial charge in [-0.15, -0.1) is 0 Å². The summed E-state index contributed by atoms with van der Waals surface area (Å²) >= 11 is 6.33. The van der Waals surface area contributed by atoms with Crippen molar-refractivity contribution in [3.8, 4) is 16.9 Å². The number of carboxylic acid groups (broad SMARTS) is 1. The lowest BCUT2D eigenvalue weighted by molar-refractivity contribution is -0.160. The minimum Gasteiger partial charge on any atom is -0.490 e. The molecule has 0 aliphatic carbocycles. The number of halogens is 2. The molecule has 3 aromatic rings. The number of aryl methyl sites for hydroxylation is 1. The molecule has 2 aliphatic rings. The van der Waals surface area contributed by atoms with Gasteiger partial charge < -0.3 is 19.5 Å². The average Bonchev–Trinajstić information content (AvgIpc) is 3.31. The zero-order chi connectivity index (χ0) is 28.9. The van der Waals surface area contributed by atoms with Crippen LogP contribution in [0.1, 0.15) is 71.5 Å². The van der Waals surface area contributed by atoms with Gasteiger partial charge in [-0.3, -0.25) is 9.78 Å². The van der Waals surface area contributed by atoms with Crippen LogP contribution in [0.15, 0.2) is 30.6 Å². The maximum absolute atomic E-state index is 15.5. The molecule has 2 aromatic carbocycles. The minimum absolute atomic E-state index is 0.252. The molecule has 9 heteroatoms. The summed E-state index contributed by atoms with van der Waals surface area (Å²) in [4.78, 5) is 32.0. The molecular formula is C31H32ClFN2O5. The van der Waals surface area contributed by atoms with Gasteiger partial charge in [-0.1, -0.05) is 11.6 Å². The fraction of sp³-hybridized carbons (Fsp3) is 0.387. The van der Waals surface area contributed by atoms with Crippen molar-refractivity contribution >= 4 is 29.2 Å². The van der Waals surface area contributed by atoms with E-state index in [0.717, 1.165) is 23.1 Å². The third kappa shape index (κ3) is 4.95. The molecule has 3 heterocycles. The van der Waals surface area contributed by atoms with Crippen LogP contribution in [0.25, 0.3) is 11.1 Å². The van der Waals surface area contributed by atoms with Crippen molar-refractivity contribution in [2.24, 2.45) is 0 Å². The first kappa shape index (κ1) is 28.1. The Balaban J connectivity index is 1.79. The van der Waals surface area contributed by atoms with E-state index in [9.17, 15) is 14.7 Å². The van der Waals surface area contributed by atoms with Crippen LogP contribution < -0.4 is 9.64 Å². The number of nitrogens with zero attached hydrogens (tertiary/aromatic N) is 2. The number of anilines is 1. The summed E-state index contributed by atoms with van der Waals surface area (Å²) in [6.45, 7) is 9.89. The molecule has 0 saturated carbocycles. The van der Waals surface area contributed by atoms with E-state index in [4.69, 9.17) is 21.1 Å². The number of aromatic nitrogens is 1. The van der Waals surface area contributed by atoms with Crippen LogP contribution in [0.5, 0.6) is 5.75 Å². The average molecular weight is 567 g/mol. The highest BCUT2D eigenvalue weighted by molar-refractivity contribution is 6.34. The standard InChI is InChI=1S/C31H32ClFN2O5/c1-16-13-24-19(9-11-35(24)29(36)21-15-34-10-8-22(21)32)26(25(16)28(30(37)38)40-31(3,4)5)20-14-23(33)27-18(17(20)2)7-6-12-39-27/h8,10,13-15,28H,6-7,9,11-12H2,1-5H3,(H,37,38). The Labute approximate surface area is 237 Å². The van der Waals surface area contributed by atoms with E-state index in [-0.39, 0.29) is 17.2 Å². The van der Waals surface area contributed by atoms with Gasteiger partial charge in [0.05, 0.1) is 22.8 Å². The quantitative estimate of drug-likeness (QED) is 0.373. The number of carboxylic acids is 1. The molecule has 2 aliphatic heterocycles. The van der Waals surface area contributed by atoms with E-state index in [1.54, 1.807) is 38.7 Å². The Bertz CT molecular complexity index is 1530. The fourth-order valence-electron chi connectivity index (χ4n) is 5.74. The van der Waals surface area contributed by atoms with Gasteiger partial charge in [-0.25, -0.2) is 9.18 Å². The maximum Gasteiger partial charge on any atom is 0.337 e. The molecule has 1 amide bonds. The molecule has 0 fully saturated rings. The van der Waals surface area contributed by atoms with Crippen molar-refractivity contribution in [1.82, 2.24) is 4.98 Å². The van der Waals surface area contributed by atoms with E-state index in [0.29, 0.717) is 59.0 Å². The van der Waals surface area contributed by atoms with Gasteiger partial charge >= 0.3 is 5.97 Å². The summed E-state index contributed by atoms with van der Waals surface area (Å²) in [5.41, 5.74) is 4.74. The first-order valence-electron chi connectivity index (χ1n) is 13.3. The lowest BCUT2D eigenvalue weighted by Crippen LogP contribution is -2.30. The molecule has 0 radical (unpaired) electrons. The number of rotatable bonds is 5. The second kappa shape index (κ2) is 10.5. The van der Waals surface area contributed by atoms with E-state index in [2.05, 4.69) is 4.98 Å². The van der Waals surface area contributed by atoms with Gasteiger partial charge in [0, 0.05) is 35.8 Å². The Morgan fingerprint density at radius 1 is 1.20 bits per heavy atom. The second-order valence-corrected chi connectivity index (χ2v) is 11.7. The van der Waals surface area contributed by atoms with Crippen LogP contribution >= 0.6 is 11.6 Å². The molecule has 5 rings (SSSR count). The third-order valence-corrected chi connectivity index (χ3v) is 7.77. The Morgan fingerprint density at radius 3 is 2.62 bits per heavy atom. The Morgan fingerprint density at radius 2 is 1.95 bits per heavy atom. The third-order valence-electron chi connectivity index (χ3n) is 7.44. The van der Waals surface area contributed by atoms with Gasteiger partial charge in [0.2, 0.25) is 0 Å². The molecule has 1 unspecified atom stereocenters. The number of carbonyl (C=O) groups is 2. The summed E-state index contributed by atoms with van der Waals surface area (Å²) < 4.78 is 27.3. The minimum atomic E-state index is -1.31. The second-order valence-electron chi connectivity index (χ2n) is 11.3. The van der Waals surface area contributed by atoms with Crippen LogP contribution in [-0.2, 0) is 22.4 Å². The normalized spacial score (nSPS) is 15.3. The fourth-order valence-corrected chi connectivity index (χ4v) is 5.92. The van der Waals surface area contributed by atoms with Gasteiger partial charge in [-0.2, -0.15) is 0 Å². The number of carbonyl (C=O) groups excluding carboxylic acids is 1. The monoisotopic (exact) mass is 566 g/mol. The molecular weight excluding hydrogens is 535 g/mol. The predicted molar refractivity (Wildman–Crippen MR) is 151 cm³/mol. The van der Waals surface area contributed by atoms with Gasteiger partial charge in [-0.05, 0) is 99.9 Å². The number of benzene rings is 2. The molecule has 210 valence electrons. The van der Waals surface area contributed by atoms with Crippen LogP contribution in [0.4, 0.5) is 10.1 Å². The first-order valence-corrected chi connectivity index (χ1v) is 13.7. The van der Waals surface area contributed by atoms with E-state index in [1.807, 2.05) is 13.0 Å². The summed E-state index contributed by atoms with van der Waals surface area (Å²) in [6.07, 6.45) is 3.50. The topological polar surface area (TPSA) is 89.0 Å². The van der Waals surface area contributed by atoms with Crippen molar-refractivity contribution in [2.45, 2.75) is 65.6 Å². The zero-order valence-corrected chi connectivity index (χ0v) is 24.0. The van der Waals surface area contributed by atoms with Gasteiger partial charge in [0.1, 0.15) is 0 Å². The number of amides is 1. The largest absolute Gasteiger partial charge is 0.490 e. The van der Waals surface area contributed by atoms with Crippen molar-refractivity contribution in [1.29, 1.82) is 0 Å². The SMILES string of the molecule is Cc1cc2c(c(-c3cc(F)c4c(c3C)CCCO4)c1C(OC(C)(C)C)C(=O)O)CCN2C(=O)c1cnccc1Cl. The van der Waals surface area contributed by atoms with Crippen LogP contribution in [0, 0.1) is 19.7 Å². The number of aliphatic carboxylic acids is 1. The highest BCUT2D eigenvalue weighted by Gasteiger charge is 2.37. The van der Waals surface area contributed by atoms with E-state index in [1.165, 1.54) is 18.5 Å². The summed E-state index contributed by atoms with van der Waals surface area (Å²) in [6, 6.07) is 4.81. The molecule has 1 N–H and O–H groups in total. The number of pyridine rings is 1. The molecule has 1 atom stereocenters. The van der Waals surface area contributed by atoms with E-state index < -0.39 is 23.5 Å². The highest BCUT2D eigenvalue weighted by atomic mass is 35.5. The van der Waals surface area contributed by atoms with Crippen molar-refractivity contribution in [2.75, 3.05) is 18.1 Å². The molecule has 1 aromatic heterocycles. The van der Waals surface area contributed by atoms with Crippen LogP contribution in [0.2, 0.25) is 5.02 Å². The lowest BCUT2D eigenvalue weighted by Gasteiger charge is -2.30. The number of hydrogen-bond acceptors (Lipinski definition) is 5. The first-order chi connectivity index (χ1) is 18.9. The summed E-state index contributed by atoms with van der Waals surface area (Å²) in [5, 5.41) is 10.7. The predicted octanol–water partition coefficient (Wildman–Crippen LogP) is 6.63. The van der Waals surface area contributed by atoms with Crippen molar-refractivity contribution < 1.29 is 28.6 Å². The van der Waals surface area contributed by atoms with E-state index >= 15 is 4.39 Å². The van der Waals surface area contributed by atoms with Crippen molar-refractivity contribution in [3.05, 3.63) is 74.8 Å². The molecule has 40 heavy (non-hydrogen) atoms. The molecule has 0 saturated heterocycles. The van der Waals surface area contributed by atoms with Crippen LogP contribution in [0.3, 0.4) is 0 Å². The van der Waals surface area contributed by atoms with Crippen LogP contribution in [-0.4, -0.2) is 40.7 Å². The maximum atomic E-state index is 15.5. The lowest BCUT2D eigenvalue weighted by atomic mass is 9.83. The van der Waals surface area contributed by atoms with Gasteiger partial charge in [0.25, 0.3) is 5.91 Å². The zero-order valence-electron chi connectivity index (χ0n) is 23.2. The summed E-state index contributed by atoms with van der Waals surface area (Å²) in [7, 11) is 0. The smallest absolute Gasteiger partial charge is 0.337 e. The number of hydrogen-bond donors (Lipinski definition) is 1. The Hall–Kier alpha value is -3.49. The molecule has 7 nitrogen and oxygen atoms in total. The molecule has 0 bridgehead atoms. The number of fused-ring (bicyclic) bond motifs is 2. The van der Waals surface area contributed by atoms with Crippen molar-refractivity contribution in [3.63, 3.8) is 0 Å².